The molecule has 2 N–H and O–H groups in total. The number of benzene rings is 1. The number of hydrogen-bond donors (Lipinski definition) is 2. The van der Waals surface area contributed by atoms with E-state index in [4.69, 9.17) is 9.72 Å². The molecule has 2 fully saturated rings. The van der Waals surface area contributed by atoms with Gasteiger partial charge >= 0.3 is 0 Å². The Bertz CT molecular complexity index is 1100. The summed E-state index contributed by atoms with van der Waals surface area (Å²) in [5.74, 6) is 0.494. The lowest BCUT2D eigenvalue weighted by atomic mass is 10.2. The lowest BCUT2D eigenvalue weighted by Gasteiger charge is -2.29. The molecule has 1 unspecified atom stereocenters. The zero-order valence-corrected chi connectivity index (χ0v) is 17.1. The second kappa shape index (κ2) is 8.04. The predicted molar refractivity (Wildman–Crippen MR) is 118 cm³/mol. The number of hydrogen-bond acceptors (Lipinski definition) is 7. The molecule has 0 radical (unpaired) electrons. The Hall–Kier alpha value is -2.97. The van der Waals surface area contributed by atoms with E-state index in [1.165, 1.54) is 5.69 Å². The summed E-state index contributed by atoms with van der Waals surface area (Å²) in [5.41, 5.74) is 3.58. The van der Waals surface area contributed by atoms with Gasteiger partial charge in [0.25, 0.3) is 5.56 Å². The maximum Gasteiger partial charge on any atom is 0.252 e. The molecule has 4 heterocycles. The van der Waals surface area contributed by atoms with Crippen molar-refractivity contribution in [3.63, 3.8) is 0 Å². The normalized spacial score (nSPS) is 19.4. The highest BCUT2D eigenvalue weighted by Gasteiger charge is 2.22. The van der Waals surface area contributed by atoms with Gasteiger partial charge in [-0.15, -0.1) is 0 Å². The summed E-state index contributed by atoms with van der Waals surface area (Å²) < 4.78 is 7.27. The summed E-state index contributed by atoms with van der Waals surface area (Å²) in [6, 6.07) is 11.7. The van der Waals surface area contributed by atoms with Crippen LogP contribution in [0.4, 0.5) is 17.3 Å². The van der Waals surface area contributed by atoms with Gasteiger partial charge < -0.3 is 20.3 Å². The number of nitrogens with one attached hydrogen (secondary N) is 2. The Labute approximate surface area is 174 Å². The SMILES string of the molecule is Cc1nc(Nc2ccc(N3CCNCC3)cc2)nc2c1ccc(=O)n2C1CCOC1. The van der Waals surface area contributed by atoms with Gasteiger partial charge in [-0.1, -0.05) is 0 Å². The largest absolute Gasteiger partial charge is 0.379 e. The van der Waals surface area contributed by atoms with Crippen LogP contribution in [-0.4, -0.2) is 53.9 Å². The van der Waals surface area contributed by atoms with Crippen LogP contribution in [0, 0.1) is 6.92 Å². The summed E-state index contributed by atoms with van der Waals surface area (Å²) in [6.07, 6.45) is 0.818. The number of ether oxygens (including phenoxy) is 1. The molecule has 5 rings (SSSR count). The Kier molecular flexibility index (Phi) is 5.10. The predicted octanol–water partition coefficient (Wildman–Crippen LogP) is 2.21. The van der Waals surface area contributed by atoms with Crippen LogP contribution in [0.15, 0.2) is 41.2 Å². The molecular weight excluding hydrogens is 380 g/mol. The average molecular weight is 406 g/mol. The lowest BCUT2D eigenvalue weighted by Crippen LogP contribution is -2.43. The standard InChI is InChI=1S/C22H26N6O2/c1-15-19-6-7-20(29)28(18-8-13-30-14-18)21(19)26-22(24-15)25-16-2-4-17(5-3-16)27-11-9-23-10-12-27/h2-7,18,23H,8-14H2,1H3,(H,24,25,26). The Morgan fingerprint density at radius 2 is 1.90 bits per heavy atom. The molecule has 2 aromatic heterocycles. The van der Waals surface area contributed by atoms with Crippen LogP contribution in [0.1, 0.15) is 18.2 Å². The van der Waals surface area contributed by atoms with E-state index in [0.717, 1.165) is 49.4 Å². The molecule has 2 aliphatic rings. The zero-order chi connectivity index (χ0) is 20.5. The van der Waals surface area contributed by atoms with Crippen molar-refractivity contribution in [1.82, 2.24) is 19.9 Å². The van der Waals surface area contributed by atoms with Gasteiger partial charge in [-0.3, -0.25) is 9.36 Å². The summed E-state index contributed by atoms with van der Waals surface area (Å²) in [7, 11) is 0. The Balaban J connectivity index is 1.46. The van der Waals surface area contributed by atoms with E-state index < -0.39 is 0 Å². The number of anilines is 3. The molecule has 2 aliphatic heterocycles. The van der Waals surface area contributed by atoms with E-state index >= 15 is 0 Å². The van der Waals surface area contributed by atoms with Crippen LogP contribution in [0.2, 0.25) is 0 Å². The highest BCUT2D eigenvalue weighted by atomic mass is 16.5. The third-order valence-electron chi connectivity index (χ3n) is 5.85. The third-order valence-corrected chi connectivity index (χ3v) is 5.85. The van der Waals surface area contributed by atoms with Crippen LogP contribution in [0.25, 0.3) is 11.0 Å². The minimum Gasteiger partial charge on any atom is -0.379 e. The van der Waals surface area contributed by atoms with Crippen molar-refractivity contribution in [2.45, 2.75) is 19.4 Å². The highest BCUT2D eigenvalue weighted by Crippen LogP contribution is 2.25. The van der Waals surface area contributed by atoms with Crippen LogP contribution in [0.5, 0.6) is 0 Å². The maximum atomic E-state index is 12.6. The summed E-state index contributed by atoms with van der Waals surface area (Å²) in [6.45, 7) is 7.21. The van der Waals surface area contributed by atoms with Crippen LogP contribution in [-0.2, 0) is 4.74 Å². The van der Waals surface area contributed by atoms with Crippen molar-refractivity contribution in [2.24, 2.45) is 0 Å². The first kappa shape index (κ1) is 19.0. The van der Waals surface area contributed by atoms with Crippen molar-refractivity contribution >= 4 is 28.4 Å². The zero-order valence-electron chi connectivity index (χ0n) is 17.1. The summed E-state index contributed by atoms with van der Waals surface area (Å²) >= 11 is 0. The van der Waals surface area contributed by atoms with Gasteiger partial charge in [-0.05, 0) is 43.7 Å². The van der Waals surface area contributed by atoms with Crippen molar-refractivity contribution in [3.8, 4) is 0 Å². The summed E-state index contributed by atoms with van der Waals surface area (Å²) in [4.78, 5) is 24.3. The Morgan fingerprint density at radius 1 is 1.10 bits per heavy atom. The number of fused-ring (bicyclic) bond motifs is 1. The molecule has 0 amide bonds. The molecule has 0 aliphatic carbocycles. The molecule has 0 bridgehead atoms. The minimum atomic E-state index is -0.0533. The molecule has 2 saturated heterocycles. The fourth-order valence-electron chi connectivity index (χ4n) is 4.23. The molecule has 0 spiro atoms. The first-order valence-corrected chi connectivity index (χ1v) is 10.5. The van der Waals surface area contributed by atoms with E-state index in [2.05, 4.69) is 32.7 Å². The Morgan fingerprint density at radius 3 is 2.63 bits per heavy atom. The molecule has 3 aromatic rings. The van der Waals surface area contributed by atoms with Crippen LogP contribution < -0.4 is 21.1 Å². The van der Waals surface area contributed by atoms with E-state index in [1.807, 2.05) is 25.1 Å². The number of pyridine rings is 1. The van der Waals surface area contributed by atoms with E-state index in [9.17, 15) is 4.79 Å². The molecule has 0 saturated carbocycles. The van der Waals surface area contributed by atoms with Crippen LogP contribution >= 0.6 is 0 Å². The van der Waals surface area contributed by atoms with E-state index in [-0.39, 0.29) is 11.6 Å². The van der Waals surface area contributed by atoms with Gasteiger partial charge in [0.15, 0.2) is 0 Å². The molecule has 8 heteroatoms. The van der Waals surface area contributed by atoms with Crippen molar-refractivity contribution in [1.29, 1.82) is 0 Å². The molecule has 8 nitrogen and oxygen atoms in total. The fourth-order valence-corrected chi connectivity index (χ4v) is 4.23. The number of aryl methyl sites for hydroxylation is 1. The number of aromatic nitrogens is 3. The van der Waals surface area contributed by atoms with Gasteiger partial charge in [-0.25, -0.2) is 4.98 Å². The monoisotopic (exact) mass is 406 g/mol. The maximum absolute atomic E-state index is 12.6. The highest BCUT2D eigenvalue weighted by molar-refractivity contribution is 5.79. The number of nitrogens with zero attached hydrogens (tertiary/aromatic N) is 4. The molecule has 156 valence electrons. The van der Waals surface area contributed by atoms with Gasteiger partial charge in [0, 0.05) is 55.6 Å². The third kappa shape index (κ3) is 3.64. The minimum absolute atomic E-state index is 0.0154. The lowest BCUT2D eigenvalue weighted by molar-refractivity contribution is 0.186. The van der Waals surface area contributed by atoms with Crippen molar-refractivity contribution in [3.05, 3.63) is 52.4 Å². The quantitative estimate of drug-likeness (QED) is 0.687. The molecule has 30 heavy (non-hydrogen) atoms. The van der Waals surface area contributed by atoms with Crippen LogP contribution in [0.3, 0.4) is 0 Å². The first-order valence-electron chi connectivity index (χ1n) is 10.5. The number of piperazine rings is 1. The van der Waals surface area contributed by atoms with Crippen molar-refractivity contribution < 1.29 is 4.74 Å². The molecular formula is C22H26N6O2. The fraction of sp³-hybridized carbons (Fsp3) is 0.409. The molecule has 1 atom stereocenters. The molecule has 1 aromatic carbocycles. The van der Waals surface area contributed by atoms with Gasteiger partial charge in [0.2, 0.25) is 5.95 Å². The van der Waals surface area contributed by atoms with E-state index in [1.54, 1.807) is 10.6 Å². The second-order valence-corrected chi connectivity index (χ2v) is 7.84. The first-order chi connectivity index (χ1) is 14.7. The van der Waals surface area contributed by atoms with Gasteiger partial charge in [0.1, 0.15) is 5.65 Å². The number of rotatable bonds is 4. The topological polar surface area (TPSA) is 84.3 Å². The van der Waals surface area contributed by atoms with Gasteiger partial charge in [-0.2, -0.15) is 4.98 Å². The van der Waals surface area contributed by atoms with Gasteiger partial charge in [0.05, 0.1) is 18.3 Å². The smallest absolute Gasteiger partial charge is 0.252 e. The second-order valence-electron chi connectivity index (χ2n) is 7.84. The summed E-state index contributed by atoms with van der Waals surface area (Å²) in [5, 5.41) is 7.57. The average Bonchev–Trinajstić information content (AvgIpc) is 3.29. The van der Waals surface area contributed by atoms with Crippen molar-refractivity contribution in [2.75, 3.05) is 49.6 Å². The van der Waals surface area contributed by atoms with E-state index in [0.29, 0.717) is 24.8 Å².